The van der Waals surface area contributed by atoms with Gasteiger partial charge in [0.2, 0.25) is 0 Å². The number of fused-ring (bicyclic) bond motifs is 1. The van der Waals surface area contributed by atoms with Crippen LogP contribution in [0.5, 0.6) is 5.75 Å². The first-order chi connectivity index (χ1) is 9.69. The molecular weight excluding hydrogens is 338 g/mol. The molecule has 1 amide bonds. The summed E-state index contributed by atoms with van der Waals surface area (Å²) in [6.45, 7) is 0.772. The number of benzene rings is 1. The zero-order valence-corrected chi connectivity index (χ0v) is 13.5. The van der Waals surface area contributed by atoms with Crippen molar-refractivity contribution in [3.05, 3.63) is 44.6 Å². The number of amides is 1. The number of carbonyl (C=O) groups excluding carboxylic acids is 1. The van der Waals surface area contributed by atoms with Gasteiger partial charge in [-0.2, -0.15) is 0 Å². The van der Waals surface area contributed by atoms with Gasteiger partial charge in [-0.05, 0) is 64.7 Å². The van der Waals surface area contributed by atoms with Crippen LogP contribution in [0.3, 0.4) is 0 Å². The fourth-order valence-corrected chi connectivity index (χ4v) is 3.81. The molecule has 2 heterocycles. The van der Waals surface area contributed by atoms with Gasteiger partial charge in [0.25, 0.3) is 5.91 Å². The van der Waals surface area contributed by atoms with Gasteiger partial charge in [-0.15, -0.1) is 11.3 Å². The maximum Gasteiger partial charge on any atom is 0.268 e. The molecule has 1 aromatic heterocycles. The van der Waals surface area contributed by atoms with Crippen molar-refractivity contribution in [1.82, 2.24) is 0 Å². The third kappa shape index (κ3) is 2.47. The van der Waals surface area contributed by atoms with Crippen LogP contribution < -0.4 is 9.64 Å². The summed E-state index contributed by atoms with van der Waals surface area (Å²) in [5.74, 6) is 0.920. The van der Waals surface area contributed by atoms with Crippen LogP contribution in [0, 0.1) is 0 Å². The SMILES string of the molecule is COc1ccc2c(c1)CCCN2C(=O)c1ccc(Br)s1. The molecule has 20 heavy (non-hydrogen) atoms. The molecule has 0 unspecified atom stereocenters. The number of halogens is 1. The third-order valence-corrected chi connectivity index (χ3v) is 5.05. The van der Waals surface area contributed by atoms with Gasteiger partial charge in [-0.1, -0.05) is 0 Å². The number of ether oxygens (including phenoxy) is 1. The Morgan fingerprint density at radius 2 is 2.20 bits per heavy atom. The minimum Gasteiger partial charge on any atom is -0.497 e. The highest BCUT2D eigenvalue weighted by Crippen LogP contribution is 2.33. The van der Waals surface area contributed by atoms with Crippen molar-refractivity contribution in [2.45, 2.75) is 12.8 Å². The predicted molar refractivity (Wildman–Crippen MR) is 85.0 cm³/mol. The Morgan fingerprint density at radius 1 is 1.35 bits per heavy atom. The van der Waals surface area contributed by atoms with E-state index in [1.54, 1.807) is 7.11 Å². The van der Waals surface area contributed by atoms with Crippen LogP contribution in [-0.4, -0.2) is 19.6 Å². The number of anilines is 1. The number of thiophene rings is 1. The van der Waals surface area contributed by atoms with Crippen LogP contribution in [0.2, 0.25) is 0 Å². The standard InChI is InChI=1S/C15H14BrNO2S/c1-19-11-4-5-12-10(9-11)3-2-8-17(12)15(18)13-6-7-14(16)20-13/h4-7,9H,2-3,8H2,1H3. The largest absolute Gasteiger partial charge is 0.497 e. The van der Waals surface area contributed by atoms with Gasteiger partial charge in [0.05, 0.1) is 15.8 Å². The Labute approximate surface area is 130 Å². The Kier molecular flexibility index (Phi) is 3.81. The average molecular weight is 352 g/mol. The van der Waals surface area contributed by atoms with Gasteiger partial charge in [0.15, 0.2) is 0 Å². The number of methoxy groups -OCH3 is 1. The van der Waals surface area contributed by atoms with E-state index < -0.39 is 0 Å². The van der Waals surface area contributed by atoms with E-state index in [4.69, 9.17) is 4.74 Å². The minimum atomic E-state index is 0.0758. The lowest BCUT2D eigenvalue weighted by atomic mass is 10.0. The van der Waals surface area contributed by atoms with Crippen molar-refractivity contribution in [2.24, 2.45) is 0 Å². The Bertz CT molecular complexity index is 653. The smallest absolute Gasteiger partial charge is 0.268 e. The second-order valence-electron chi connectivity index (χ2n) is 4.66. The molecule has 0 radical (unpaired) electrons. The van der Waals surface area contributed by atoms with Gasteiger partial charge in [0.1, 0.15) is 5.75 Å². The van der Waals surface area contributed by atoms with Crippen molar-refractivity contribution in [1.29, 1.82) is 0 Å². The molecule has 1 aliphatic heterocycles. The van der Waals surface area contributed by atoms with E-state index in [1.165, 1.54) is 16.9 Å². The zero-order chi connectivity index (χ0) is 14.1. The molecule has 2 aromatic rings. The van der Waals surface area contributed by atoms with Crippen molar-refractivity contribution < 1.29 is 9.53 Å². The third-order valence-electron chi connectivity index (χ3n) is 3.43. The summed E-state index contributed by atoms with van der Waals surface area (Å²) < 4.78 is 6.24. The van der Waals surface area contributed by atoms with E-state index in [-0.39, 0.29) is 5.91 Å². The molecule has 0 saturated carbocycles. The van der Waals surface area contributed by atoms with E-state index in [9.17, 15) is 4.79 Å². The summed E-state index contributed by atoms with van der Waals surface area (Å²) in [6, 6.07) is 9.70. The van der Waals surface area contributed by atoms with Crippen LogP contribution in [0.25, 0.3) is 0 Å². The summed E-state index contributed by atoms with van der Waals surface area (Å²) in [7, 11) is 1.66. The number of aryl methyl sites for hydroxylation is 1. The second kappa shape index (κ2) is 5.58. The molecular formula is C15H14BrNO2S. The fraction of sp³-hybridized carbons (Fsp3) is 0.267. The first kappa shape index (κ1) is 13.6. The number of rotatable bonds is 2. The van der Waals surface area contributed by atoms with Gasteiger partial charge < -0.3 is 9.64 Å². The lowest BCUT2D eigenvalue weighted by Gasteiger charge is -2.29. The van der Waals surface area contributed by atoms with Crippen molar-refractivity contribution in [2.75, 3.05) is 18.6 Å². The molecule has 104 valence electrons. The fourth-order valence-electron chi connectivity index (χ4n) is 2.47. The van der Waals surface area contributed by atoms with Crippen molar-refractivity contribution >= 4 is 38.9 Å². The van der Waals surface area contributed by atoms with Gasteiger partial charge in [-0.25, -0.2) is 0 Å². The quantitative estimate of drug-likeness (QED) is 0.814. The molecule has 5 heteroatoms. The summed E-state index contributed by atoms with van der Waals surface area (Å²) in [5.41, 5.74) is 2.19. The van der Waals surface area contributed by atoms with E-state index >= 15 is 0 Å². The molecule has 0 spiro atoms. The van der Waals surface area contributed by atoms with E-state index in [2.05, 4.69) is 15.9 Å². The number of carbonyl (C=O) groups is 1. The summed E-state index contributed by atoms with van der Waals surface area (Å²) in [4.78, 5) is 15.3. The highest BCUT2D eigenvalue weighted by Gasteiger charge is 2.24. The summed E-state index contributed by atoms with van der Waals surface area (Å²) in [5, 5.41) is 0. The highest BCUT2D eigenvalue weighted by molar-refractivity contribution is 9.11. The molecule has 3 nitrogen and oxygen atoms in total. The highest BCUT2D eigenvalue weighted by atomic mass is 79.9. The lowest BCUT2D eigenvalue weighted by molar-refractivity contribution is 0.0989. The molecule has 3 rings (SSSR count). The summed E-state index contributed by atoms with van der Waals surface area (Å²) >= 11 is 4.88. The molecule has 0 atom stereocenters. The molecule has 0 bridgehead atoms. The maximum atomic E-state index is 12.6. The zero-order valence-electron chi connectivity index (χ0n) is 11.1. The molecule has 1 aliphatic rings. The monoisotopic (exact) mass is 351 g/mol. The van der Waals surface area contributed by atoms with Gasteiger partial charge in [-0.3, -0.25) is 4.79 Å². The van der Waals surface area contributed by atoms with Crippen LogP contribution in [0.1, 0.15) is 21.7 Å². The van der Waals surface area contributed by atoms with Gasteiger partial charge in [0, 0.05) is 12.2 Å². The topological polar surface area (TPSA) is 29.5 Å². The molecule has 0 aliphatic carbocycles. The van der Waals surface area contributed by atoms with E-state index in [0.717, 1.165) is 39.5 Å². The molecule has 0 fully saturated rings. The normalized spacial score (nSPS) is 14.0. The molecule has 0 saturated heterocycles. The lowest BCUT2D eigenvalue weighted by Crippen LogP contribution is -2.35. The minimum absolute atomic E-state index is 0.0758. The van der Waals surface area contributed by atoms with Crippen molar-refractivity contribution in [3.8, 4) is 5.75 Å². The van der Waals surface area contributed by atoms with Crippen LogP contribution in [0.4, 0.5) is 5.69 Å². The van der Waals surface area contributed by atoms with E-state index in [0.29, 0.717) is 0 Å². The van der Waals surface area contributed by atoms with Crippen molar-refractivity contribution in [3.63, 3.8) is 0 Å². The van der Waals surface area contributed by atoms with E-state index in [1.807, 2.05) is 35.2 Å². The summed E-state index contributed by atoms with van der Waals surface area (Å²) in [6.07, 6.45) is 1.98. The number of nitrogens with zero attached hydrogens (tertiary/aromatic N) is 1. The van der Waals surface area contributed by atoms with Gasteiger partial charge >= 0.3 is 0 Å². The number of hydrogen-bond donors (Lipinski definition) is 0. The Hall–Kier alpha value is -1.33. The molecule has 0 N–H and O–H groups in total. The Balaban J connectivity index is 1.95. The molecule has 1 aromatic carbocycles. The number of hydrogen-bond acceptors (Lipinski definition) is 3. The maximum absolute atomic E-state index is 12.6. The van der Waals surface area contributed by atoms with Crippen LogP contribution in [-0.2, 0) is 6.42 Å². The average Bonchev–Trinajstić information content (AvgIpc) is 2.91. The Morgan fingerprint density at radius 3 is 2.90 bits per heavy atom. The first-order valence-electron chi connectivity index (χ1n) is 6.43. The second-order valence-corrected chi connectivity index (χ2v) is 7.12. The van der Waals surface area contributed by atoms with Crippen LogP contribution in [0.15, 0.2) is 34.1 Å². The van der Waals surface area contributed by atoms with Crippen LogP contribution >= 0.6 is 27.3 Å². The first-order valence-corrected chi connectivity index (χ1v) is 8.04. The predicted octanol–water partition coefficient (Wildman–Crippen LogP) is 4.11.